The minimum atomic E-state index is 1.30. The van der Waals surface area contributed by atoms with Crippen molar-refractivity contribution < 1.29 is 0 Å². The molecule has 0 spiro atoms. The molecule has 176 valence electrons. The van der Waals surface area contributed by atoms with Gasteiger partial charge in [-0.1, -0.05) is 60.2 Å². The van der Waals surface area contributed by atoms with Crippen LogP contribution in [0.2, 0.25) is 0 Å². The summed E-state index contributed by atoms with van der Waals surface area (Å²) in [5.41, 5.74) is 17.5. The summed E-state index contributed by atoms with van der Waals surface area (Å²) in [5.74, 6) is 0. The number of hydrogen-bond acceptors (Lipinski definition) is 0. The van der Waals surface area contributed by atoms with E-state index in [1.807, 2.05) is 0 Å². The Morgan fingerprint density at radius 3 is 1.14 bits per heavy atom. The van der Waals surface area contributed by atoms with Gasteiger partial charge in [-0.25, -0.2) is 0 Å². The monoisotopic (exact) mass is 456 g/mol. The summed E-state index contributed by atoms with van der Waals surface area (Å²) in [5, 5.41) is 5.37. The molecule has 5 aromatic carbocycles. The topological polar surface area (TPSA) is 0 Å². The van der Waals surface area contributed by atoms with Crippen LogP contribution in [0.5, 0.6) is 0 Å². The Morgan fingerprint density at radius 1 is 0.343 bits per heavy atom. The van der Waals surface area contributed by atoms with E-state index < -0.39 is 0 Å². The lowest BCUT2D eigenvalue weighted by Crippen LogP contribution is -1.96. The van der Waals surface area contributed by atoms with Crippen molar-refractivity contribution in [3.05, 3.63) is 105 Å². The van der Waals surface area contributed by atoms with Crippen molar-refractivity contribution in [1.29, 1.82) is 0 Å². The number of hydrogen-bond donors (Lipinski definition) is 0. The van der Waals surface area contributed by atoms with Gasteiger partial charge >= 0.3 is 0 Å². The van der Waals surface area contributed by atoms with E-state index in [0.717, 1.165) is 0 Å². The van der Waals surface area contributed by atoms with Gasteiger partial charge in [-0.05, 0) is 151 Å². The van der Waals surface area contributed by atoms with Crippen molar-refractivity contribution in [2.24, 2.45) is 0 Å². The van der Waals surface area contributed by atoms with Crippen LogP contribution in [0.3, 0.4) is 0 Å². The highest BCUT2D eigenvalue weighted by Crippen LogP contribution is 2.45. The molecule has 0 unspecified atom stereocenters. The van der Waals surface area contributed by atoms with E-state index in [4.69, 9.17) is 0 Å². The molecule has 0 heteroatoms. The van der Waals surface area contributed by atoms with Crippen LogP contribution >= 0.6 is 0 Å². The van der Waals surface area contributed by atoms with E-state index >= 15 is 0 Å². The molecule has 0 atom stereocenters. The van der Waals surface area contributed by atoms with Gasteiger partial charge in [-0.15, -0.1) is 0 Å². The minimum absolute atomic E-state index is 1.30. The van der Waals surface area contributed by atoms with Crippen LogP contribution in [0, 0.1) is 62.3 Å². The summed E-state index contributed by atoms with van der Waals surface area (Å²) >= 11 is 0. The summed E-state index contributed by atoms with van der Waals surface area (Å²) < 4.78 is 0. The van der Waals surface area contributed by atoms with Crippen molar-refractivity contribution in [2.75, 3.05) is 0 Å². The van der Waals surface area contributed by atoms with Gasteiger partial charge in [-0.2, -0.15) is 0 Å². The van der Waals surface area contributed by atoms with E-state index in [1.54, 1.807) is 0 Å². The fourth-order valence-electron chi connectivity index (χ4n) is 5.59. The zero-order valence-corrected chi connectivity index (χ0v) is 22.7. The molecule has 0 bridgehead atoms. The molecule has 0 amide bonds. The lowest BCUT2D eigenvalue weighted by molar-refractivity contribution is 1.27. The lowest BCUT2D eigenvalue weighted by Gasteiger charge is -2.21. The van der Waals surface area contributed by atoms with Gasteiger partial charge in [0.25, 0.3) is 0 Å². The largest absolute Gasteiger partial charge is 0.0587 e. The molecule has 0 aliphatic heterocycles. The number of rotatable bonds is 2. The first kappa shape index (κ1) is 23.4. The quantitative estimate of drug-likeness (QED) is 0.232. The molecule has 0 fully saturated rings. The third-order valence-electron chi connectivity index (χ3n) is 8.32. The minimum Gasteiger partial charge on any atom is -0.0587 e. The summed E-state index contributed by atoms with van der Waals surface area (Å²) in [6.45, 7) is 20.1. The SMILES string of the molecule is Cc1ccc2c(-c3cc(C)c(C)c(C)c3)c3cc(C)c(C)cc3c(-c3cc(C)c(C)c(C)c3)c2c1. The van der Waals surface area contributed by atoms with Crippen LogP contribution in [0.1, 0.15) is 50.1 Å². The normalized spacial score (nSPS) is 11.6. The average Bonchev–Trinajstić information content (AvgIpc) is 2.80. The molecule has 0 nitrogen and oxygen atoms in total. The van der Waals surface area contributed by atoms with E-state index in [0.29, 0.717) is 0 Å². The standard InChI is InChI=1S/C35H36/c1-19-10-11-30-31(12-19)35(29-15-24(6)27(9)25(7)16-29)33-18-21(3)20(2)17-32(33)34(30)28-13-22(4)26(8)23(5)14-28/h10-18H,1-9H3. The highest BCUT2D eigenvalue weighted by Gasteiger charge is 2.19. The van der Waals surface area contributed by atoms with Gasteiger partial charge in [0.1, 0.15) is 0 Å². The molecule has 5 aromatic rings. The van der Waals surface area contributed by atoms with Crippen LogP contribution in [0.25, 0.3) is 43.8 Å². The first-order valence-electron chi connectivity index (χ1n) is 12.7. The second kappa shape index (κ2) is 8.38. The van der Waals surface area contributed by atoms with Gasteiger partial charge < -0.3 is 0 Å². The Bertz CT molecular complexity index is 1610. The predicted octanol–water partition coefficient (Wildman–Crippen LogP) is 10.1. The maximum absolute atomic E-state index is 2.42. The van der Waals surface area contributed by atoms with E-state index in [2.05, 4.69) is 117 Å². The van der Waals surface area contributed by atoms with Gasteiger partial charge in [0, 0.05) is 0 Å². The van der Waals surface area contributed by atoms with Crippen molar-refractivity contribution in [1.82, 2.24) is 0 Å². The molecule has 5 rings (SSSR count). The van der Waals surface area contributed by atoms with Crippen LogP contribution in [0.15, 0.2) is 54.6 Å². The Labute approximate surface area is 210 Å². The first-order valence-corrected chi connectivity index (χ1v) is 12.7. The first-order chi connectivity index (χ1) is 16.6. The number of fused-ring (bicyclic) bond motifs is 2. The summed E-state index contributed by atoms with van der Waals surface area (Å²) in [4.78, 5) is 0. The van der Waals surface area contributed by atoms with Crippen molar-refractivity contribution >= 4 is 21.5 Å². The molecule has 0 heterocycles. The van der Waals surface area contributed by atoms with Crippen molar-refractivity contribution in [3.63, 3.8) is 0 Å². The molecule has 0 saturated heterocycles. The summed E-state index contributed by atoms with van der Waals surface area (Å²) in [6.07, 6.45) is 0. The molecular weight excluding hydrogens is 420 g/mol. The van der Waals surface area contributed by atoms with Gasteiger partial charge in [0.2, 0.25) is 0 Å². The third kappa shape index (κ3) is 3.76. The van der Waals surface area contributed by atoms with Crippen molar-refractivity contribution in [2.45, 2.75) is 62.3 Å². The second-order valence-electron chi connectivity index (χ2n) is 10.8. The maximum atomic E-state index is 2.42. The van der Waals surface area contributed by atoms with Crippen LogP contribution in [0.4, 0.5) is 0 Å². The van der Waals surface area contributed by atoms with Crippen LogP contribution in [-0.2, 0) is 0 Å². The molecule has 0 saturated carbocycles. The van der Waals surface area contributed by atoms with Gasteiger partial charge in [-0.3, -0.25) is 0 Å². The fraction of sp³-hybridized carbons (Fsp3) is 0.257. The number of aryl methyl sites for hydroxylation is 7. The van der Waals surface area contributed by atoms with E-state index in [-0.39, 0.29) is 0 Å². The maximum Gasteiger partial charge on any atom is -0.00260 e. The summed E-state index contributed by atoms with van der Waals surface area (Å²) in [6, 6.07) is 21.4. The van der Waals surface area contributed by atoms with Gasteiger partial charge in [0.05, 0.1) is 0 Å². The highest BCUT2D eigenvalue weighted by molar-refractivity contribution is 6.21. The van der Waals surface area contributed by atoms with Crippen LogP contribution < -0.4 is 0 Å². The second-order valence-corrected chi connectivity index (χ2v) is 10.8. The molecule has 0 aliphatic carbocycles. The third-order valence-corrected chi connectivity index (χ3v) is 8.32. The Balaban J connectivity index is 2.05. The zero-order valence-electron chi connectivity index (χ0n) is 22.7. The lowest BCUT2D eigenvalue weighted by atomic mass is 9.82. The summed E-state index contributed by atoms with van der Waals surface area (Å²) in [7, 11) is 0. The van der Waals surface area contributed by atoms with Crippen LogP contribution in [-0.4, -0.2) is 0 Å². The van der Waals surface area contributed by atoms with Gasteiger partial charge in [0.15, 0.2) is 0 Å². The fourth-order valence-corrected chi connectivity index (χ4v) is 5.59. The smallest absolute Gasteiger partial charge is 0.00260 e. The predicted molar refractivity (Wildman–Crippen MR) is 155 cm³/mol. The Morgan fingerprint density at radius 2 is 0.714 bits per heavy atom. The highest BCUT2D eigenvalue weighted by atomic mass is 14.2. The Hall–Kier alpha value is -3.38. The van der Waals surface area contributed by atoms with E-state index in [9.17, 15) is 0 Å². The molecule has 0 aromatic heterocycles. The molecule has 0 N–H and O–H groups in total. The average molecular weight is 457 g/mol. The molecule has 0 aliphatic rings. The number of benzene rings is 5. The molecular formula is C35H36. The Kier molecular flexibility index (Phi) is 5.59. The molecule has 35 heavy (non-hydrogen) atoms. The van der Waals surface area contributed by atoms with E-state index in [1.165, 1.54) is 93.9 Å². The zero-order chi connectivity index (χ0) is 25.2. The van der Waals surface area contributed by atoms with Crippen molar-refractivity contribution in [3.8, 4) is 22.3 Å². The molecule has 0 radical (unpaired) electrons.